The molecule has 1 rings (SSSR count). The number of thiazole rings is 1. The molecule has 0 bridgehead atoms. The summed E-state index contributed by atoms with van der Waals surface area (Å²) in [7, 11) is -0.664. The SMILES string of the molecule is CCOC(=O)/C(C)=C\C[C@H](O)/C(C)=C(\C[Si+](C)C(C)(C)C)c1csc(C)n1. The van der Waals surface area contributed by atoms with E-state index in [2.05, 4.69) is 37.7 Å². The van der Waals surface area contributed by atoms with E-state index in [-0.39, 0.29) is 11.0 Å². The monoisotopic (exact) mass is 408 g/mol. The topological polar surface area (TPSA) is 59.4 Å². The Balaban J connectivity index is 3.11. The van der Waals surface area contributed by atoms with Gasteiger partial charge in [-0.25, -0.2) is 9.78 Å². The van der Waals surface area contributed by atoms with Crippen LogP contribution in [0, 0.1) is 6.92 Å². The number of rotatable bonds is 8. The maximum atomic E-state index is 11.8. The molecule has 1 aromatic rings. The molecule has 0 aliphatic carbocycles. The quantitative estimate of drug-likeness (QED) is 0.355. The van der Waals surface area contributed by atoms with E-state index in [1.807, 2.05) is 13.8 Å². The zero-order valence-corrected chi connectivity index (χ0v) is 19.8. The second kappa shape index (κ2) is 10.3. The second-order valence-electron chi connectivity index (χ2n) is 7.98. The van der Waals surface area contributed by atoms with Crippen LogP contribution in [0.1, 0.15) is 58.7 Å². The average molecular weight is 409 g/mol. The van der Waals surface area contributed by atoms with E-state index in [0.29, 0.717) is 18.6 Å². The van der Waals surface area contributed by atoms with E-state index >= 15 is 0 Å². The lowest BCUT2D eigenvalue weighted by atomic mass is 10.0. The van der Waals surface area contributed by atoms with Gasteiger partial charge in [0.2, 0.25) is 0 Å². The smallest absolute Gasteiger partial charge is 0.333 e. The number of aryl methyl sites for hydroxylation is 1. The molecule has 4 nitrogen and oxygen atoms in total. The summed E-state index contributed by atoms with van der Waals surface area (Å²) in [6.45, 7) is 17.0. The minimum atomic E-state index is -0.664. The Bertz CT molecular complexity index is 701. The van der Waals surface area contributed by atoms with Crippen molar-refractivity contribution in [3.8, 4) is 0 Å². The summed E-state index contributed by atoms with van der Waals surface area (Å²) in [5, 5.41) is 14.1. The molecule has 1 atom stereocenters. The predicted octanol–water partition coefficient (Wildman–Crippen LogP) is 5.41. The zero-order valence-electron chi connectivity index (χ0n) is 18.0. The van der Waals surface area contributed by atoms with Crippen LogP contribution in [-0.4, -0.2) is 37.6 Å². The van der Waals surface area contributed by atoms with Crippen molar-refractivity contribution in [3.63, 3.8) is 0 Å². The van der Waals surface area contributed by atoms with Gasteiger partial charge in [-0.1, -0.05) is 6.08 Å². The Morgan fingerprint density at radius 2 is 2.04 bits per heavy atom. The summed E-state index contributed by atoms with van der Waals surface area (Å²) in [5.41, 5.74) is 3.61. The van der Waals surface area contributed by atoms with E-state index in [0.717, 1.165) is 27.9 Å². The predicted molar refractivity (Wildman–Crippen MR) is 117 cm³/mol. The second-order valence-corrected chi connectivity index (χ2v) is 12.5. The van der Waals surface area contributed by atoms with Gasteiger partial charge in [0, 0.05) is 16.5 Å². The van der Waals surface area contributed by atoms with Crippen LogP contribution in [-0.2, 0) is 9.53 Å². The molecule has 0 fully saturated rings. The number of esters is 1. The highest BCUT2D eigenvalue weighted by molar-refractivity contribution is 7.09. The number of allylic oxidation sites excluding steroid dienone is 1. The van der Waals surface area contributed by atoms with Crippen LogP contribution < -0.4 is 0 Å². The number of hydrogen-bond acceptors (Lipinski definition) is 5. The van der Waals surface area contributed by atoms with E-state index < -0.39 is 14.9 Å². The molecule has 0 radical (unpaired) electrons. The van der Waals surface area contributed by atoms with Gasteiger partial charge in [-0.15, -0.1) is 11.3 Å². The van der Waals surface area contributed by atoms with Gasteiger partial charge in [0.25, 0.3) is 0 Å². The molecule has 1 heterocycles. The number of hydrogen-bond donors (Lipinski definition) is 1. The Morgan fingerprint density at radius 1 is 1.41 bits per heavy atom. The lowest BCUT2D eigenvalue weighted by Gasteiger charge is -2.18. The van der Waals surface area contributed by atoms with Crippen molar-refractivity contribution in [2.24, 2.45) is 0 Å². The summed E-state index contributed by atoms with van der Waals surface area (Å²) in [4.78, 5) is 16.4. The van der Waals surface area contributed by atoms with Crippen LogP contribution in [0.4, 0.5) is 0 Å². The molecule has 0 amide bonds. The molecule has 0 saturated heterocycles. The molecule has 0 spiro atoms. The number of ether oxygens (including phenoxy) is 1. The molecule has 1 N–H and O–H groups in total. The number of carbonyl (C=O) groups excluding carboxylic acids is 1. The van der Waals surface area contributed by atoms with Crippen molar-refractivity contribution in [1.29, 1.82) is 0 Å². The van der Waals surface area contributed by atoms with Gasteiger partial charge in [0.05, 0.1) is 41.0 Å². The fourth-order valence-electron chi connectivity index (χ4n) is 2.46. The lowest BCUT2D eigenvalue weighted by Crippen LogP contribution is -2.23. The largest absolute Gasteiger partial charge is 0.463 e. The van der Waals surface area contributed by atoms with Crippen molar-refractivity contribution in [2.75, 3.05) is 6.61 Å². The first-order chi connectivity index (χ1) is 12.5. The van der Waals surface area contributed by atoms with Crippen LogP contribution in [0.25, 0.3) is 5.57 Å². The van der Waals surface area contributed by atoms with Crippen LogP contribution in [0.3, 0.4) is 0 Å². The first-order valence-electron chi connectivity index (χ1n) is 9.44. The average Bonchev–Trinajstić information content (AvgIpc) is 3.01. The minimum Gasteiger partial charge on any atom is -0.463 e. The van der Waals surface area contributed by atoms with Crippen molar-refractivity contribution >= 4 is 31.7 Å². The van der Waals surface area contributed by atoms with Crippen LogP contribution in [0.5, 0.6) is 0 Å². The molecule has 0 aromatic carbocycles. The van der Waals surface area contributed by atoms with E-state index in [4.69, 9.17) is 4.74 Å². The molecule has 1 aromatic heterocycles. The summed E-state index contributed by atoms with van der Waals surface area (Å²) >= 11 is 1.64. The standard InChI is InChI=1S/C21H34NO3SSi/c1-9-25-20(24)14(2)10-11-19(23)15(3)17(13-27(8)21(5,6)7)18-12-26-16(4)22-18/h10,12,19,23H,9,11,13H2,1-8H3/q+1/b14-10-,17-15+/t19-/m0/s1. The van der Waals surface area contributed by atoms with Gasteiger partial charge >= 0.3 is 14.8 Å². The number of aliphatic hydroxyl groups is 1. The van der Waals surface area contributed by atoms with E-state index in [1.165, 1.54) is 0 Å². The first-order valence-corrected chi connectivity index (χ1v) is 12.5. The number of carbonyl (C=O) groups is 1. The fraction of sp³-hybridized carbons (Fsp3) is 0.619. The molecule has 0 saturated carbocycles. The molecule has 0 aliphatic heterocycles. The molecule has 6 heteroatoms. The van der Waals surface area contributed by atoms with Gasteiger partial charge in [0.15, 0.2) is 0 Å². The number of aromatic nitrogens is 1. The molecule has 0 unspecified atom stereocenters. The van der Waals surface area contributed by atoms with Crippen molar-refractivity contribution < 1.29 is 14.6 Å². The highest BCUT2D eigenvalue weighted by Crippen LogP contribution is 2.36. The van der Waals surface area contributed by atoms with Crippen molar-refractivity contribution in [1.82, 2.24) is 4.98 Å². The molecule has 27 heavy (non-hydrogen) atoms. The van der Waals surface area contributed by atoms with Crippen molar-refractivity contribution in [2.45, 2.75) is 78.6 Å². The Morgan fingerprint density at radius 3 is 2.52 bits per heavy atom. The molecule has 0 aliphatic rings. The van der Waals surface area contributed by atoms with Crippen LogP contribution in [0.2, 0.25) is 17.6 Å². The van der Waals surface area contributed by atoms with Gasteiger partial charge in [-0.3, -0.25) is 0 Å². The third-order valence-electron chi connectivity index (χ3n) is 4.87. The fourth-order valence-corrected chi connectivity index (χ4v) is 4.61. The van der Waals surface area contributed by atoms with Gasteiger partial charge < -0.3 is 9.84 Å². The summed E-state index contributed by atoms with van der Waals surface area (Å²) < 4.78 is 5.00. The van der Waals surface area contributed by atoms with Gasteiger partial charge in [-0.05, 0) is 60.5 Å². The maximum Gasteiger partial charge on any atom is 0.333 e. The Kier molecular flexibility index (Phi) is 9.11. The van der Waals surface area contributed by atoms with E-state index in [1.54, 1.807) is 31.3 Å². The van der Waals surface area contributed by atoms with Crippen LogP contribution in [0.15, 0.2) is 22.6 Å². The lowest BCUT2D eigenvalue weighted by molar-refractivity contribution is -0.138. The number of nitrogens with zero attached hydrogens (tertiary/aromatic N) is 1. The summed E-state index contributed by atoms with van der Waals surface area (Å²) in [6.07, 6.45) is 1.52. The highest BCUT2D eigenvalue weighted by atomic mass is 32.1. The third kappa shape index (κ3) is 7.35. The summed E-state index contributed by atoms with van der Waals surface area (Å²) in [5.74, 6) is -0.325. The normalized spacial score (nSPS) is 14.6. The summed E-state index contributed by atoms with van der Waals surface area (Å²) in [6, 6.07) is 0.959. The zero-order chi connectivity index (χ0) is 20.8. The van der Waals surface area contributed by atoms with Crippen LogP contribution >= 0.6 is 11.3 Å². The Labute approximate surface area is 170 Å². The Hall–Kier alpha value is -1.24. The molecular formula is C21H34NO3SSi+. The minimum absolute atomic E-state index is 0.270. The highest BCUT2D eigenvalue weighted by Gasteiger charge is 2.38. The van der Waals surface area contributed by atoms with Gasteiger partial charge in [-0.2, -0.15) is 0 Å². The number of aliphatic hydroxyl groups excluding tert-OH is 1. The molecule has 150 valence electrons. The maximum absolute atomic E-state index is 11.8. The van der Waals surface area contributed by atoms with E-state index in [9.17, 15) is 9.90 Å². The third-order valence-corrected chi connectivity index (χ3v) is 9.09. The molecular weight excluding hydrogens is 374 g/mol. The van der Waals surface area contributed by atoms with Crippen molar-refractivity contribution in [3.05, 3.63) is 33.3 Å². The van der Waals surface area contributed by atoms with Gasteiger partial charge in [0.1, 0.15) is 0 Å². The first kappa shape index (κ1) is 23.8.